The molecule has 21 heavy (non-hydrogen) atoms. The Hall–Kier alpha value is -1.59. The molecular weight excluding hydrogens is 304 g/mol. The van der Waals surface area contributed by atoms with Gasteiger partial charge in [-0.25, -0.2) is 4.98 Å². The summed E-state index contributed by atoms with van der Waals surface area (Å²) in [4.78, 5) is 6.49. The maximum atomic E-state index is 5.87. The van der Waals surface area contributed by atoms with E-state index >= 15 is 0 Å². The Morgan fingerprint density at radius 3 is 2.57 bits per heavy atom. The number of aromatic nitrogens is 3. The lowest BCUT2D eigenvalue weighted by Gasteiger charge is -2.05. The zero-order chi connectivity index (χ0) is 15.2. The average Bonchev–Trinajstić information content (AvgIpc) is 2.46. The highest BCUT2D eigenvalue weighted by atomic mass is 35.5. The molecule has 0 saturated carbocycles. The lowest BCUT2D eigenvalue weighted by atomic mass is 10.2. The van der Waals surface area contributed by atoms with E-state index in [9.17, 15) is 0 Å². The molecular formula is C15H17ClN4S. The first-order chi connectivity index (χ1) is 10.0. The minimum absolute atomic E-state index is 0.675. The van der Waals surface area contributed by atoms with Crippen LogP contribution in [0.1, 0.15) is 17.0 Å². The standard InChI is InChI=1S/C15H17ClN4S/c1-11-14(8-9-20(2)3)17-15(19-18-11)21-10-12-4-6-13(16)7-5-12/h4-9H,10H2,1-3H3. The third-order valence-electron chi connectivity index (χ3n) is 2.68. The van der Waals surface area contributed by atoms with Crippen molar-refractivity contribution in [1.82, 2.24) is 20.1 Å². The molecule has 0 aliphatic rings. The second kappa shape index (κ2) is 7.43. The molecule has 0 aliphatic heterocycles. The van der Waals surface area contributed by atoms with Crippen molar-refractivity contribution in [2.45, 2.75) is 17.8 Å². The van der Waals surface area contributed by atoms with Crippen LogP contribution in [0.15, 0.2) is 35.6 Å². The summed E-state index contributed by atoms with van der Waals surface area (Å²) < 4.78 is 0. The second-order valence-corrected chi connectivity index (χ2v) is 6.14. The third-order valence-corrected chi connectivity index (χ3v) is 3.84. The number of nitrogens with zero attached hydrogens (tertiary/aromatic N) is 4. The number of rotatable bonds is 5. The number of thioether (sulfide) groups is 1. The molecule has 0 atom stereocenters. The zero-order valence-electron chi connectivity index (χ0n) is 12.2. The molecule has 0 radical (unpaired) electrons. The summed E-state index contributed by atoms with van der Waals surface area (Å²) in [6, 6.07) is 7.78. The van der Waals surface area contributed by atoms with Crippen LogP contribution in [0.25, 0.3) is 6.08 Å². The van der Waals surface area contributed by atoms with Crippen LogP contribution >= 0.6 is 23.4 Å². The molecule has 2 aromatic rings. The van der Waals surface area contributed by atoms with E-state index in [1.165, 1.54) is 5.56 Å². The summed E-state index contributed by atoms with van der Waals surface area (Å²) in [5.74, 6) is 0.790. The molecule has 0 spiro atoms. The van der Waals surface area contributed by atoms with Gasteiger partial charge in [0.25, 0.3) is 0 Å². The molecule has 0 unspecified atom stereocenters. The van der Waals surface area contributed by atoms with Gasteiger partial charge in [0, 0.05) is 31.1 Å². The van der Waals surface area contributed by atoms with E-state index in [0.29, 0.717) is 5.16 Å². The monoisotopic (exact) mass is 320 g/mol. The van der Waals surface area contributed by atoms with Crippen molar-refractivity contribution in [1.29, 1.82) is 0 Å². The molecule has 4 nitrogen and oxygen atoms in total. The first-order valence-corrected chi connectivity index (χ1v) is 7.84. The summed E-state index contributed by atoms with van der Waals surface area (Å²) in [7, 11) is 3.94. The molecule has 110 valence electrons. The Morgan fingerprint density at radius 1 is 1.19 bits per heavy atom. The van der Waals surface area contributed by atoms with Gasteiger partial charge in [-0.1, -0.05) is 35.5 Å². The highest BCUT2D eigenvalue weighted by Crippen LogP contribution is 2.20. The number of aryl methyl sites for hydroxylation is 1. The lowest BCUT2D eigenvalue weighted by molar-refractivity contribution is 0.567. The fourth-order valence-electron chi connectivity index (χ4n) is 1.54. The molecule has 1 aromatic carbocycles. The van der Waals surface area contributed by atoms with E-state index in [4.69, 9.17) is 11.6 Å². The Morgan fingerprint density at radius 2 is 1.90 bits per heavy atom. The Balaban J connectivity index is 2.06. The second-order valence-electron chi connectivity index (χ2n) is 4.76. The van der Waals surface area contributed by atoms with Crippen LogP contribution in [-0.4, -0.2) is 34.2 Å². The maximum Gasteiger partial charge on any atom is 0.209 e. The smallest absolute Gasteiger partial charge is 0.209 e. The predicted octanol–water partition coefficient (Wildman–Crippen LogP) is 3.66. The minimum atomic E-state index is 0.675. The molecule has 0 fully saturated rings. The lowest BCUT2D eigenvalue weighted by Crippen LogP contribution is -2.02. The SMILES string of the molecule is Cc1nnc(SCc2ccc(Cl)cc2)nc1C=CN(C)C. The largest absolute Gasteiger partial charge is 0.383 e. The van der Waals surface area contributed by atoms with Crippen molar-refractivity contribution in [3.8, 4) is 0 Å². The first-order valence-electron chi connectivity index (χ1n) is 6.48. The zero-order valence-corrected chi connectivity index (χ0v) is 13.8. The van der Waals surface area contributed by atoms with E-state index in [2.05, 4.69) is 15.2 Å². The van der Waals surface area contributed by atoms with Gasteiger partial charge in [0.05, 0.1) is 11.4 Å². The number of halogens is 1. The summed E-state index contributed by atoms with van der Waals surface area (Å²) in [6.07, 6.45) is 3.89. The normalized spacial score (nSPS) is 11.0. The number of hydrogen-bond acceptors (Lipinski definition) is 5. The minimum Gasteiger partial charge on any atom is -0.383 e. The van der Waals surface area contributed by atoms with Gasteiger partial charge in [0.2, 0.25) is 5.16 Å². The van der Waals surface area contributed by atoms with Crippen LogP contribution in [-0.2, 0) is 5.75 Å². The van der Waals surface area contributed by atoms with Gasteiger partial charge in [-0.2, -0.15) is 5.10 Å². The van der Waals surface area contributed by atoms with Gasteiger partial charge in [0.1, 0.15) is 0 Å². The van der Waals surface area contributed by atoms with E-state index in [0.717, 1.165) is 22.2 Å². The van der Waals surface area contributed by atoms with Crippen molar-refractivity contribution in [2.24, 2.45) is 0 Å². The Labute approximate surface area is 134 Å². The number of benzene rings is 1. The van der Waals surface area contributed by atoms with Crippen LogP contribution < -0.4 is 0 Å². The molecule has 0 bridgehead atoms. The molecule has 0 N–H and O–H groups in total. The third kappa shape index (κ3) is 5.02. The van der Waals surface area contributed by atoms with E-state index in [-0.39, 0.29) is 0 Å². The van der Waals surface area contributed by atoms with E-state index < -0.39 is 0 Å². The summed E-state index contributed by atoms with van der Waals surface area (Å²) in [5, 5.41) is 9.70. The molecule has 0 amide bonds. The molecule has 0 saturated heterocycles. The van der Waals surface area contributed by atoms with Crippen molar-refractivity contribution < 1.29 is 0 Å². The molecule has 6 heteroatoms. The van der Waals surface area contributed by atoms with Crippen molar-refractivity contribution >= 4 is 29.4 Å². The van der Waals surface area contributed by atoms with Crippen LogP contribution in [0, 0.1) is 6.92 Å². The first kappa shape index (κ1) is 15.8. The van der Waals surface area contributed by atoms with Crippen molar-refractivity contribution in [3.63, 3.8) is 0 Å². The molecule has 0 aliphatic carbocycles. The molecule has 2 rings (SSSR count). The number of hydrogen-bond donors (Lipinski definition) is 0. The average molecular weight is 321 g/mol. The van der Waals surface area contributed by atoms with Crippen molar-refractivity contribution in [2.75, 3.05) is 14.1 Å². The fourth-order valence-corrected chi connectivity index (χ4v) is 2.42. The summed E-state index contributed by atoms with van der Waals surface area (Å²) in [5.41, 5.74) is 2.85. The van der Waals surface area contributed by atoms with Gasteiger partial charge in [-0.15, -0.1) is 5.10 Å². The Bertz CT molecular complexity index is 626. The molecule has 1 heterocycles. The van der Waals surface area contributed by atoms with Gasteiger partial charge in [-0.05, 0) is 30.7 Å². The highest BCUT2D eigenvalue weighted by molar-refractivity contribution is 7.98. The topological polar surface area (TPSA) is 41.9 Å². The maximum absolute atomic E-state index is 5.87. The fraction of sp³-hybridized carbons (Fsp3) is 0.267. The summed E-state index contributed by atoms with van der Waals surface area (Å²) >= 11 is 7.44. The van der Waals surface area contributed by atoms with Crippen LogP contribution in [0.2, 0.25) is 5.02 Å². The molecule has 1 aromatic heterocycles. The summed E-state index contributed by atoms with van der Waals surface area (Å²) in [6.45, 7) is 1.91. The van der Waals surface area contributed by atoms with Gasteiger partial charge in [-0.3, -0.25) is 0 Å². The highest BCUT2D eigenvalue weighted by Gasteiger charge is 2.04. The van der Waals surface area contributed by atoms with Crippen LogP contribution in [0.4, 0.5) is 0 Å². The Kier molecular flexibility index (Phi) is 5.59. The van der Waals surface area contributed by atoms with E-state index in [1.807, 2.05) is 62.5 Å². The quantitative estimate of drug-likeness (QED) is 0.786. The van der Waals surface area contributed by atoms with Gasteiger partial charge < -0.3 is 4.90 Å². The van der Waals surface area contributed by atoms with Crippen molar-refractivity contribution in [3.05, 3.63) is 52.4 Å². The van der Waals surface area contributed by atoms with Crippen LogP contribution in [0.5, 0.6) is 0 Å². The van der Waals surface area contributed by atoms with Gasteiger partial charge in [0.15, 0.2) is 0 Å². The predicted molar refractivity (Wildman–Crippen MR) is 88.3 cm³/mol. The van der Waals surface area contributed by atoms with Crippen LogP contribution in [0.3, 0.4) is 0 Å². The van der Waals surface area contributed by atoms with Gasteiger partial charge >= 0.3 is 0 Å². The van der Waals surface area contributed by atoms with E-state index in [1.54, 1.807) is 11.8 Å².